The monoisotopic (exact) mass is 345 g/mol. The molecule has 3 aromatic rings. The molecule has 1 amide bonds. The molecule has 126 valence electrons. The number of amides is 1. The van der Waals surface area contributed by atoms with E-state index in [4.69, 9.17) is 4.52 Å². The maximum absolute atomic E-state index is 12.3. The fourth-order valence-corrected chi connectivity index (χ4v) is 2.92. The van der Waals surface area contributed by atoms with E-state index >= 15 is 0 Å². The van der Waals surface area contributed by atoms with Crippen molar-refractivity contribution >= 4 is 17.2 Å². The van der Waals surface area contributed by atoms with Gasteiger partial charge < -0.3 is 9.84 Å². The highest BCUT2D eigenvalue weighted by molar-refractivity contribution is 7.13. The van der Waals surface area contributed by atoms with Crippen molar-refractivity contribution in [2.45, 2.75) is 33.9 Å². The summed E-state index contributed by atoms with van der Waals surface area (Å²) >= 11 is 1.53. The van der Waals surface area contributed by atoms with E-state index in [1.807, 2.05) is 29.1 Å². The Labute approximate surface area is 143 Å². The summed E-state index contributed by atoms with van der Waals surface area (Å²) in [6.07, 6.45) is 1.60. The van der Waals surface area contributed by atoms with Crippen LogP contribution in [0.3, 0.4) is 0 Å². The standard InChI is InChI=1S/C16H19N5O2S/c1-10(2)9-21-11(3)12(7-18-21)15(22)17-8-14-19-16(23-20-14)13-5-4-6-24-13/h4-7,10H,8-9H2,1-3H3,(H,17,22). The molecule has 3 heterocycles. The minimum atomic E-state index is -0.190. The average molecular weight is 345 g/mol. The first kappa shape index (κ1) is 16.4. The Hall–Kier alpha value is -2.48. The van der Waals surface area contributed by atoms with Crippen molar-refractivity contribution in [3.8, 4) is 10.8 Å². The van der Waals surface area contributed by atoms with Crippen LogP contribution in [0.2, 0.25) is 0 Å². The minimum Gasteiger partial charge on any atom is -0.344 e. The van der Waals surface area contributed by atoms with Gasteiger partial charge in [-0.3, -0.25) is 9.48 Å². The molecular weight excluding hydrogens is 326 g/mol. The van der Waals surface area contributed by atoms with Gasteiger partial charge in [0.15, 0.2) is 5.82 Å². The van der Waals surface area contributed by atoms with Gasteiger partial charge in [0.25, 0.3) is 11.8 Å². The molecule has 0 aliphatic heterocycles. The molecule has 0 saturated heterocycles. The zero-order valence-electron chi connectivity index (χ0n) is 13.8. The van der Waals surface area contributed by atoms with Gasteiger partial charge in [-0.05, 0) is 24.3 Å². The van der Waals surface area contributed by atoms with E-state index in [0.29, 0.717) is 23.2 Å². The number of nitrogens with one attached hydrogen (secondary N) is 1. The smallest absolute Gasteiger partial charge is 0.268 e. The fourth-order valence-electron chi connectivity index (χ4n) is 2.28. The van der Waals surface area contributed by atoms with Crippen molar-refractivity contribution in [2.24, 2.45) is 5.92 Å². The topological polar surface area (TPSA) is 85.8 Å². The van der Waals surface area contributed by atoms with Crippen molar-refractivity contribution in [3.63, 3.8) is 0 Å². The normalized spacial score (nSPS) is 11.2. The van der Waals surface area contributed by atoms with E-state index in [-0.39, 0.29) is 12.5 Å². The highest BCUT2D eigenvalue weighted by atomic mass is 32.1. The van der Waals surface area contributed by atoms with E-state index in [9.17, 15) is 4.79 Å². The maximum atomic E-state index is 12.3. The van der Waals surface area contributed by atoms with Crippen LogP contribution in [0.5, 0.6) is 0 Å². The fraction of sp³-hybridized carbons (Fsp3) is 0.375. The molecule has 0 unspecified atom stereocenters. The van der Waals surface area contributed by atoms with Crippen molar-refractivity contribution in [2.75, 3.05) is 0 Å². The molecule has 0 atom stereocenters. The quantitative estimate of drug-likeness (QED) is 0.742. The maximum Gasteiger partial charge on any atom is 0.268 e. The Bertz CT molecular complexity index is 820. The summed E-state index contributed by atoms with van der Waals surface area (Å²) in [5.74, 6) is 1.19. The third-order valence-electron chi connectivity index (χ3n) is 3.49. The van der Waals surface area contributed by atoms with Gasteiger partial charge >= 0.3 is 0 Å². The van der Waals surface area contributed by atoms with E-state index in [1.54, 1.807) is 6.20 Å². The van der Waals surface area contributed by atoms with Crippen LogP contribution in [0.15, 0.2) is 28.2 Å². The molecule has 0 radical (unpaired) electrons. The Morgan fingerprint density at radius 1 is 1.46 bits per heavy atom. The van der Waals surface area contributed by atoms with Crippen LogP contribution in [0.4, 0.5) is 0 Å². The lowest BCUT2D eigenvalue weighted by Gasteiger charge is -2.08. The predicted molar refractivity (Wildman–Crippen MR) is 90.6 cm³/mol. The largest absolute Gasteiger partial charge is 0.344 e. The molecule has 0 aromatic carbocycles. The van der Waals surface area contributed by atoms with Gasteiger partial charge in [0.2, 0.25) is 0 Å². The minimum absolute atomic E-state index is 0.190. The SMILES string of the molecule is Cc1c(C(=O)NCc2noc(-c3cccs3)n2)cnn1CC(C)C. The number of nitrogens with zero attached hydrogens (tertiary/aromatic N) is 4. The molecule has 0 spiro atoms. The van der Waals surface area contributed by atoms with Gasteiger partial charge in [-0.2, -0.15) is 10.1 Å². The zero-order valence-corrected chi connectivity index (χ0v) is 14.6. The van der Waals surface area contributed by atoms with Gasteiger partial charge in [-0.15, -0.1) is 11.3 Å². The molecule has 0 bridgehead atoms. The average Bonchev–Trinajstić information content (AvgIpc) is 3.26. The molecule has 1 N–H and O–H groups in total. The molecule has 24 heavy (non-hydrogen) atoms. The summed E-state index contributed by atoms with van der Waals surface area (Å²) in [4.78, 5) is 17.5. The molecule has 3 aromatic heterocycles. The van der Waals surface area contributed by atoms with Crippen LogP contribution < -0.4 is 5.32 Å². The summed E-state index contributed by atoms with van der Waals surface area (Å²) in [5, 5.41) is 12.9. The number of rotatable bonds is 6. The second-order valence-electron chi connectivity index (χ2n) is 5.90. The summed E-state index contributed by atoms with van der Waals surface area (Å²) in [5.41, 5.74) is 1.42. The van der Waals surface area contributed by atoms with Gasteiger partial charge in [0, 0.05) is 12.2 Å². The van der Waals surface area contributed by atoms with Gasteiger partial charge in [0.05, 0.1) is 23.2 Å². The third-order valence-corrected chi connectivity index (χ3v) is 4.35. The second kappa shape index (κ2) is 6.96. The number of hydrogen-bond acceptors (Lipinski definition) is 6. The van der Waals surface area contributed by atoms with Crippen molar-refractivity contribution in [3.05, 3.63) is 40.8 Å². The summed E-state index contributed by atoms with van der Waals surface area (Å²) in [7, 11) is 0. The molecule has 8 heteroatoms. The predicted octanol–water partition coefficient (Wildman–Crippen LogP) is 2.89. The first-order valence-corrected chi connectivity index (χ1v) is 8.59. The van der Waals surface area contributed by atoms with E-state index < -0.39 is 0 Å². The van der Waals surface area contributed by atoms with Gasteiger partial charge in [-0.1, -0.05) is 25.1 Å². The lowest BCUT2D eigenvalue weighted by Crippen LogP contribution is -2.24. The lowest BCUT2D eigenvalue weighted by molar-refractivity contribution is 0.0949. The van der Waals surface area contributed by atoms with Gasteiger partial charge in [-0.25, -0.2) is 0 Å². The van der Waals surface area contributed by atoms with Crippen LogP contribution in [-0.4, -0.2) is 25.8 Å². The number of hydrogen-bond donors (Lipinski definition) is 1. The number of thiophene rings is 1. The molecule has 0 aliphatic carbocycles. The van der Waals surface area contributed by atoms with Crippen LogP contribution in [0, 0.1) is 12.8 Å². The van der Waals surface area contributed by atoms with Gasteiger partial charge in [0.1, 0.15) is 0 Å². The van der Waals surface area contributed by atoms with Crippen molar-refractivity contribution in [1.29, 1.82) is 0 Å². The van der Waals surface area contributed by atoms with Crippen LogP contribution in [0.25, 0.3) is 10.8 Å². The highest BCUT2D eigenvalue weighted by Gasteiger charge is 2.16. The highest BCUT2D eigenvalue weighted by Crippen LogP contribution is 2.22. The summed E-state index contributed by atoms with van der Waals surface area (Å²) in [6.45, 7) is 7.12. The Morgan fingerprint density at radius 3 is 3.00 bits per heavy atom. The van der Waals surface area contributed by atoms with Crippen molar-refractivity contribution in [1.82, 2.24) is 25.2 Å². The molecule has 0 saturated carbocycles. The van der Waals surface area contributed by atoms with E-state index in [2.05, 4.69) is 34.4 Å². The lowest BCUT2D eigenvalue weighted by atomic mass is 10.2. The van der Waals surface area contributed by atoms with E-state index in [0.717, 1.165) is 17.1 Å². The molecule has 7 nitrogen and oxygen atoms in total. The molecular formula is C16H19N5O2S. The Kier molecular flexibility index (Phi) is 4.75. The Morgan fingerprint density at radius 2 is 2.29 bits per heavy atom. The second-order valence-corrected chi connectivity index (χ2v) is 6.84. The third kappa shape index (κ3) is 3.53. The van der Waals surface area contributed by atoms with Crippen LogP contribution >= 0.6 is 11.3 Å². The zero-order chi connectivity index (χ0) is 17.1. The number of aromatic nitrogens is 4. The molecule has 0 fully saturated rings. The first-order chi connectivity index (χ1) is 11.5. The molecule has 0 aliphatic rings. The number of carbonyl (C=O) groups is 1. The van der Waals surface area contributed by atoms with Crippen LogP contribution in [-0.2, 0) is 13.1 Å². The first-order valence-electron chi connectivity index (χ1n) is 7.71. The summed E-state index contributed by atoms with van der Waals surface area (Å²) in [6, 6.07) is 3.83. The summed E-state index contributed by atoms with van der Waals surface area (Å²) < 4.78 is 7.05. The molecule has 3 rings (SSSR count). The Balaban J connectivity index is 1.63. The van der Waals surface area contributed by atoms with Crippen molar-refractivity contribution < 1.29 is 9.32 Å². The van der Waals surface area contributed by atoms with Crippen LogP contribution in [0.1, 0.15) is 35.7 Å². The number of carbonyl (C=O) groups excluding carboxylic acids is 1. The van der Waals surface area contributed by atoms with E-state index in [1.165, 1.54) is 11.3 Å².